The number of hydrogen-bond donors (Lipinski definition) is 1. The van der Waals surface area contributed by atoms with Crippen LogP contribution in [0.5, 0.6) is 0 Å². The molecule has 7 nitrogen and oxygen atoms in total. The molecule has 0 spiro atoms. The zero-order valence-corrected chi connectivity index (χ0v) is 28.6. The molecule has 2 unspecified atom stereocenters. The van der Waals surface area contributed by atoms with Gasteiger partial charge in [0.2, 0.25) is 11.8 Å². The molecule has 0 saturated carbocycles. The lowest BCUT2D eigenvalue weighted by Gasteiger charge is -2.34. The number of sulfonamides is 1. The van der Waals surface area contributed by atoms with Crippen molar-refractivity contribution in [3.63, 3.8) is 0 Å². The van der Waals surface area contributed by atoms with Gasteiger partial charge in [-0.2, -0.15) is 13.2 Å². The van der Waals surface area contributed by atoms with Crippen molar-refractivity contribution in [2.75, 3.05) is 10.8 Å². The number of alkyl halides is 3. The molecule has 0 saturated heterocycles. The summed E-state index contributed by atoms with van der Waals surface area (Å²) in [5, 5.41) is 2.24. The molecule has 4 aromatic carbocycles. The highest BCUT2D eigenvalue weighted by Crippen LogP contribution is 2.38. The number of nitrogens with zero attached hydrogens (tertiary/aromatic N) is 2. The minimum absolute atomic E-state index is 0.0277. The summed E-state index contributed by atoms with van der Waals surface area (Å²) in [6.07, 6.45) is -4.32. The molecule has 4 aromatic rings. The molecule has 2 atom stereocenters. The topological polar surface area (TPSA) is 86.8 Å². The van der Waals surface area contributed by atoms with Crippen LogP contribution < -0.4 is 9.62 Å². The number of carbonyl (C=O) groups excluding carboxylic acids is 2. The van der Waals surface area contributed by atoms with E-state index in [2.05, 4.69) is 5.32 Å². The highest BCUT2D eigenvalue weighted by atomic mass is 35.5. The highest BCUT2D eigenvalue weighted by molar-refractivity contribution is 7.92. The SMILES string of the molecule is CCC(C)NC(=O)C(Cc1ccccc1)N(Cc1ccc(F)cc1)C(=O)CN(c1ccc(Cl)c(C(F)(F)F)c1)S(=O)(=O)c1ccc(C)cc1. The summed E-state index contributed by atoms with van der Waals surface area (Å²) >= 11 is 5.86. The van der Waals surface area contributed by atoms with Crippen LogP contribution in [-0.4, -0.2) is 43.8 Å². The molecular weight excluding hydrogens is 682 g/mol. The quantitative estimate of drug-likeness (QED) is 0.145. The van der Waals surface area contributed by atoms with E-state index in [0.29, 0.717) is 27.9 Å². The van der Waals surface area contributed by atoms with Crippen molar-refractivity contribution in [2.24, 2.45) is 0 Å². The molecule has 0 aliphatic rings. The molecule has 0 aliphatic carbocycles. The van der Waals surface area contributed by atoms with Gasteiger partial charge in [0, 0.05) is 19.0 Å². The normalized spacial score (nSPS) is 13.0. The lowest BCUT2D eigenvalue weighted by molar-refractivity contribution is -0.140. The molecule has 0 aliphatic heterocycles. The third kappa shape index (κ3) is 9.60. The molecule has 0 bridgehead atoms. The van der Waals surface area contributed by atoms with Crippen LogP contribution in [-0.2, 0) is 38.8 Å². The molecule has 0 aromatic heterocycles. The largest absolute Gasteiger partial charge is 0.417 e. The Morgan fingerprint density at radius 2 is 1.53 bits per heavy atom. The van der Waals surface area contributed by atoms with Crippen molar-refractivity contribution in [3.05, 3.63) is 130 Å². The van der Waals surface area contributed by atoms with Crippen LogP contribution in [0.2, 0.25) is 5.02 Å². The average molecular weight is 718 g/mol. The summed E-state index contributed by atoms with van der Waals surface area (Å²) in [7, 11) is -4.66. The second-order valence-electron chi connectivity index (χ2n) is 11.7. The Hall–Kier alpha value is -4.42. The average Bonchev–Trinajstić information content (AvgIpc) is 3.06. The Kier molecular flexibility index (Phi) is 12.1. The van der Waals surface area contributed by atoms with Crippen molar-refractivity contribution >= 4 is 39.1 Å². The van der Waals surface area contributed by atoms with E-state index in [-0.39, 0.29) is 23.9 Å². The van der Waals surface area contributed by atoms with Crippen LogP contribution in [0, 0.1) is 12.7 Å². The summed E-state index contributed by atoms with van der Waals surface area (Å²) in [4.78, 5) is 29.3. The van der Waals surface area contributed by atoms with Gasteiger partial charge in [-0.15, -0.1) is 0 Å². The van der Waals surface area contributed by atoms with E-state index in [1.165, 1.54) is 53.4 Å². The van der Waals surface area contributed by atoms with E-state index in [4.69, 9.17) is 11.6 Å². The van der Waals surface area contributed by atoms with Crippen LogP contribution in [0.4, 0.5) is 23.2 Å². The van der Waals surface area contributed by atoms with Gasteiger partial charge in [0.25, 0.3) is 10.0 Å². The summed E-state index contributed by atoms with van der Waals surface area (Å²) in [5.41, 5.74) is 0.106. The number of nitrogens with one attached hydrogen (secondary N) is 1. The third-order valence-electron chi connectivity index (χ3n) is 7.97. The molecule has 13 heteroatoms. The molecule has 49 heavy (non-hydrogen) atoms. The van der Waals surface area contributed by atoms with Gasteiger partial charge in [-0.25, -0.2) is 12.8 Å². The van der Waals surface area contributed by atoms with Gasteiger partial charge >= 0.3 is 6.18 Å². The first-order valence-corrected chi connectivity index (χ1v) is 17.3. The standard InChI is InChI=1S/C36H36ClF4N3O4S/c1-4-25(3)42-35(46)33(20-26-8-6-5-7-9-26)43(22-27-12-14-28(38)15-13-27)34(45)23-44(49(47,48)30-17-10-24(2)11-18-30)29-16-19-32(37)31(21-29)36(39,40)41/h5-19,21,25,33H,4,20,22-23H2,1-3H3,(H,42,46). The molecular formula is C36H36ClF4N3O4S. The first-order valence-electron chi connectivity index (χ1n) is 15.4. The van der Waals surface area contributed by atoms with Crippen molar-refractivity contribution in [1.82, 2.24) is 10.2 Å². The highest BCUT2D eigenvalue weighted by Gasteiger charge is 2.38. The maximum atomic E-state index is 14.5. The predicted molar refractivity (Wildman–Crippen MR) is 181 cm³/mol. The summed E-state index contributed by atoms with van der Waals surface area (Å²) in [5.74, 6) is -1.94. The predicted octanol–water partition coefficient (Wildman–Crippen LogP) is 7.56. The fraction of sp³-hybridized carbons (Fsp3) is 0.278. The van der Waals surface area contributed by atoms with Gasteiger partial charge in [-0.05, 0) is 73.9 Å². The number of aryl methyl sites for hydroxylation is 1. The lowest BCUT2D eigenvalue weighted by atomic mass is 10.0. The third-order valence-corrected chi connectivity index (χ3v) is 10.1. The van der Waals surface area contributed by atoms with Crippen molar-refractivity contribution in [1.29, 1.82) is 0 Å². The van der Waals surface area contributed by atoms with E-state index in [1.807, 2.05) is 6.92 Å². The van der Waals surface area contributed by atoms with Gasteiger partial charge in [0.05, 0.1) is 21.2 Å². The first kappa shape index (κ1) is 37.4. The minimum atomic E-state index is -4.93. The number of halogens is 5. The van der Waals surface area contributed by atoms with Crippen LogP contribution in [0.3, 0.4) is 0 Å². The zero-order chi connectivity index (χ0) is 35.9. The van der Waals surface area contributed by atoms with Gasteiger partial charge in [-0.3, -0.25) is 13.9 Å². The zero-order valence-electron chi connectivity index (χ0n) is 27.0. The number of rotatable bonds is 13. The van der Waals surface area contributed by atoms with Gasteiger partial charge < -0.3 is 10.2 Å². The lowest BCUT2D eigenvalue weighted by Crippen LogP contribution is -2.54. The van der Waals surface area contributed by atoms with Gasteiger partial charge in [0.1, 0.15) is 18.4 Å². The van der Waals surface area contributed by atoms with E-state index in [0.717, 1.165) is 17.7 Å². The Morgan fingerprint density at radius 1 is 0.898 bits per heavy atom. The molecule has 0 radical (unpaired) electrons. The summed E-state index contributed by atoms with van der Waals surface area (Å²) in [6.45, 7) is 4.18. The smallest absolute Gasteiger partial charge is 0.352 e. The van der Waals surface area contributed by atoms with Gasteiger partial charge in [-0.1, -0.05) is 78.7 Å². The molecule has 260 valence electrons. The molecule has 2 amide bonds. The van der Waals surface area contributed by atoms with E-state index >= 15 is 0 Å². The molecule has 0 heterocycles. The summed E-state index contributed by atoms with van der Waals surface area (Å²) < 4.78 is 84.6. The maximum absolute atomic E-state index is 14.5. The number of amides is 2. The monoisotopic (exact) mass is 717 g/mol. The Morgan fingerprint density at radius 3 is 2.12 bits per heavy atom. The Labute approximate surface area is 288 Å². The molecule has 1 N–H and O–H groups in total. The number of anilines is 1. The van der Waals surface area contributed by atoms with Crippen LogP contribution in [0.25, 0.3) is 0 Å². The molecule has 0 fully saturated rings. The Bertz CT molecular complexity index is 1860. The number of benzene rings is 4. The van der Waals surface area contributed by atoms with E-state index in [1.54, 1.807) is 44.2 Å². The minimum Gasteiger partial charge on any atom is -0.352 e. The van der Waals surface area contributed by atoms with Crippen molar-refractivity contribution in [3.8, 4) is 0 Å². The van der Waals surface area contributed by atoms with Crippen molar-refractivity contribution in [2.45, 2.75) is 63.3 Å². The van der Waals surface area contributed by atoms with Crippen LogP contribution >= 0.6 is 11.6 Å². The second kappa shape index (κ2) is 15.9. The number of hydrogen-bond acceptors (Lipinski definition) is 4. The number of carbonyl (C=O) groups is 2. The maximum Gasteiger partial charge on any atom is 0.417 e. The first-order chi connectivity index (χ1) is 23.1. The van der Waals surface area contributed by atoms with Crippen LogP contribution in [0.15, 0.2) is 102 Å². The van der Waals surface area contributed by atoms with Gasteiger partial charge in [0.15, 0.2) is 0 Å². The summed E-state index contributed by atoms with van der Waals surface area (Å²) in [6, 6.07) is 20.8. The van der Waals surface area contributed by atoms with E-state index < -0.39 is 62.7 Å². The second-order valence-corrected chi connectivity index (χ2v) is 13.9. The Balaban J connectivity index is 1.87. The fourth-order valence-corrected chi connectivity index (χ4v) is 6.66. The molecule has 4 rings (SSSR count). The van der Waals surface area contributed by atoms with E-state index in [9.17, 15) is 35.6 Å². The van der Waals surface area contributed by atoms with Crippen LogP contribution in [0.1, 0.15) is 42.5 Å². The fourth-order valence-electron chi connectivity index (χ4n) is 5.03. The van der Waals surface area contributed by atoms with Crippen molar-refractivity contribution < 1.29 is 35.6 Å².